The molecule has 1 aromatic carbocycles. The van der Waals surface area contributed by atoms with Gasteiger partial charge in [-0.25, -0.2) is 4.39 Å². The summed E-state index contributed by atoms with van der Waals surface area (Å²) in [5.41, 5.74) is 0.563. The number of carbonyl (C=O) groups is 1. The molecule has 1 amide bonds. The lowest BCUT2D eigenvalue weighted by molar-refractivity contribution is 0.0895. The molecule has 4 heteroatoms. The van der Waals surface area contributed by atoms with Crippen LogP contribution in [0.3, 0.4) is 0 Å². The largest absolute Gasteiger partial charge is 0.396 e. The molecule has 1 unspecified atom stereocenters. The first-order chi connectivity index (χ1) is 10.1. The lowest BCUT2D eigenvalue weighted by Gasteiger charge is -2.30. The van der Waals surface area contributed by atoms with Crippen LogP contribution in [0.4, 0.5) is 4.39 Å². The highest BCUT2D eigenvalue weighted by atomic mass is 19.1. The fraction of sp³-hybridized carbons (Fsp3) is 0.588. The van der Waals surface area contributed by atoms with E-state index in [1.807, 2.05) is 0 Å². The van der Waals surface area contributed by atoms with Crippen molar-refractivity contribution in [3.63, 3.8) is 0 Å². The van der Waals surface area contributed by atoms with Gasteiger partial charge in [0.15, 0.2) is 0 Å². The number of aryl methyl sites for hydroxylation is 1. The van der Waals surface area contributed by atoms with Gasteiger partial charge < -0.3 is 10.4 Å². The van der Waals surface area contributed by atoms with Crippen LogP contribution in [0.5, 0.6) is 0 Å². The summed E-state index contributed by atoms with van der Waals surface area (Å²) in [6, 6.07) is 4.78. The first-order valence-electron chi connectivity index (χ1n) is 7.80. The lowest BCUT2D eigenvalue weighted by Crippen LogP contribution is -2.42. The molecular weight excluding hydrogens is 269 g/mol. The number of nitrogens with one attached hydrogen (secondary N) is 1. The average molecular weight is 293 g/mol. The summed E-state index contributed by atoms with van der Waals surface area (Å²) < 4.78 is 14.0. The molecule has 0 aromatic heterocycles. The Kier molecular flexibility index (Phi) is 5.74. The first-order valence-corrected chi connectivity index (χ1v) is 7.80. The number of rotatable bonds is 5. The van der Waals surface area contributed by atoms with Crippen molar-refractivity contribution in [1.29, 1.82) is 0 Å². The van der Waals surface area contributed by atoms with Crippen LogP contribution >= 0.6 is 0 Å². The molecule has 0 saturated heterocycles. The molecular formula is C17H24FNO2. The number of halogens is 1. The Morgan fingerprint density at radius 2 is 2.10 bits per heavy atom. The maximum absolute atomic E-state index is 14.0. The Morgan fingerprint density at radius 3 is 2.76 bits per heavy atom. The van der Waals surface area contributed by atoms with Crippen LogP contribution < -0.4 is 5.32 Å². The van der Waals surface area contributed by atoms with Gasteiger partial charge in [-0.05, 0) is 43.7 Å². The number of amides is 1. The molecule has 0 bridgehead atoms. The minimum Gasteiger partial charge on any atom is -0.396 e. The summed E-state index contributed by atoms with van der Waals surface area (Å²) in [6.07, 6.45) is 6.25. The maximum Gasteiger partial charge on any atom is 0.254 e. The molecule has 1 atom stereocenters. The van der Waals surface area contributed by atoms with Gasteiger partial charge in [0.05, 0.1) is 5.56 Å². The van der Waals surface area contributed by atoms with Crippen LogP contribution in [0.15, 0.2) is 18.2 Å². The summed E-state index contributed by atoms with van der Waals surface area (Å²) in [5, 5.41) is 12.2. The quantitative estimate of drug-likeness (QED) is 0.876. The highest BCUT2D eigenvalue weighted by Gasteiger charge is 2.26. The Morgan fingerprint density at radius 1 is 1.38 bits per heavy atom. The molecule has 1 aliphatic carbocycles. The molecule has 3 nitrogen and oxygen atoms in total. The van der Waals surface area contributed by atoms with Gasteiger partial charge in [0, 0.05) is 12.6 Å². The maximum atomic E-state index is 14.0. The first kappa shape index (κ1) is 16.0. The molecule has 1 saturated carbocycles. The van der Waals surface area contributed by atoms with E-state index in [-0.39, 0.29) is 24.1 Å². The van der Waals surface area contributed by atoms with Gasteiger partial charge in [0.2, 0.25) is 0 Å². The number of benzene rings is 1. The zero-order valence-electron chi connectivity index (χ0n) is 12.6. The fourth-order valence-electron chi connectivity index (χ4n) is 3.17. The second kappa shape index (κ2) is 7.55. The van der Waals surface area contributed by atoms with Crippen LogP contribution in [-0.2, 0) is 0 Å². The van der Waals surface area contributed by atoms with Gasteiger partial charge in [-0.2, -0.15) is 0 Å². The fourth-order valence-corrected chi connectivity index (χ4v) is 3.17. The minimum atomic E-state index is -0.457. The highest BCUT2D eigenvalue weighted by Crippen LogP contribution is 2.28. The predicted octanol–water partition coefficient (Wildman–Crippen LogP) is 3.20. The van der Waals surface area contributed by atoms with Crippen molar-refractivity contribution in [2.24, 2.45) is 5.92 Å². The van der Waals surface area contributed by atoms with E-state index in [4.69, 9.17) is 0 Å². The van der Waals surface area contributed by atoms with E-state index in [0.29, 0.717) is 17.9 Å². The van der Waals surface area contributed by atoms with Crippen LogP contribution in [0.25, 0.3) is 0 Å². The van der Waals surface area contributed by atoms with Gasteiger partial charge in [-0.15, -0.1) is 0 Å². The summed E-state index contributed by atoms with van der Waals surface area (Å²) in [5.74, 6) is -0.440. The second-order valence-corrected chi connectivity index (χ2v) is 5.93. The van der Waals surface area contributed by atoms with Gasteiger partial charge in [-0.3, -0.25) is 4.79 Å². The Hall–Kier alpha value is -1.42. The predicted molar refractivity (Wildman–Crippen MR) is 80.7 cm³/mol. The SMILES string of the molecule is Cc1cccc(C(=O)NC(CCO)C2CCCCC2)c1F. The van der Waals surface area contributed by atoms with Gasteiger partial charge >= 0.3 is 0 Å². The molecule has 0 heterocycles. The second-order valence-electron chi connectivity index (χ2n) is 5.93. The monoisotopic (exact) mass is 293 g/mol. The number of carbonyl (C=O) groups excluding carboxylic acids is 1. The smallest absolute Gasteiger partial charge is 0.254 e. The normalized spacial score (nSPS) is 17.5. The Bertz CT molecular complexity index is 484. The third-order valence-electron chi connectivity index (χ3n) is 4.41. The average Bonchev–Trinajstić information content (AvgIpc) is 2.50. The number of hydrogen-bond acceptors (Lipinski definition) is 2. The van der Waals surface area contributed by atoms with Gasteiger partial charge in [0.25, 0.3) is 5.91 Å². The zero-order valence-corrected chi connectivity index (χ0v) is 12.6. The molecule has 1 aliphatic rings. The van der Waals surface area contributed by atoms with E-state index in [2.05, 4.69) is 5.32 Å². The van der Waals surface area contributed by atoms with Gasteiger partial charge in [0.1, 0.15) is 5.82 Å². The molecule has 2 N–H and O–H groups in total. The van der Waals surface area contributed by atoms with Crippen LogP contribution in [0.2, 0.25) is 0 Å². The number of aliphatic hydroxyl groups excluding tert-OH is 1. The Labute approximate surface area is 125 Å². The van der Waals surface area contributed by atoms with E-state index in [1.54, 1.807) is 19.1 Å². The van der Waals surface area contributed by atoms with Crippen molar-refractivity contribution in [1.82, 2.24) is 5.32 Å². The summed E-state index contributed by atoms with van der Waals surface area (Å²) in [7, 11) is 0. The van der Waals surface area contributed by atoms with E-state index in [9.17, 15) is 14.3 Å². The van der Waals surface area contributed by atoms with Crippen molar-refractivity contribution < 1.29 is 14.3 Å². The van der Waals surface area contributed by atoms with E-state index < -0.39 is 5.82 Å². The topological polar surface area (TPSA) is 49.3 Å². The Balaban J connectivity index is 2.08. The van der Waals surface area contributed by atoms with Gasteiger partial charge in [-0.1, -0.05) is 31.4 Å². The molecule has 0 aliphatic heterocycles. The molecule has 116 valence electrons. The van der Waals surface area contributed by atoms with Crippen molar-refractivity contribution in [2.75, 3.05) is 6.61 Å². The lowest BCUT2D eigenvalue weighted by atomic mass is 9.82. The molecule has 1 aromatic rings. The molecule has 2 rings (SSSR count). The van der Waals surface area contributed by atoms with Crippen LogP contribution in [0.1, 0.15) is 54.4 Å². The number of aliphatic hydroxyl groups is 1. The standard InChI is InChI=1S/C17H24FNO2/c1-12-6-5-9-14(16(12)18)17(21)19-15(10-11-20)13-7-3-2-4-8-13/h5-6,9,13,15,20H,2-4,7-8,10-11H2,1H3,(H,19,21). The zero-order chi connectivity index (χ0) is 15.2. The summed E-state index contributed by atoms with van der Waals surface area (Å²) >= 11 is 0. The molecule has 1 fully saturated rings. The van der Waals surface area contributed by atoms with Crippen LogP contribution in [-0.4, -0.2) is 23.7 Å². The summed E-state index contributed by atoms with van der Waals surface area (Å²) in [4.78, 5) is 12.3. The molecule has 21 heavy (non-hydrogen) atoms. The van der Waals surface area contributed by atoms with Crippen molar-refractivity contribution in [3.05, 3.63) is 35.1 Å². The van der Waals surface area contributed by atoms with Crippen molar-refractivity contribution in [2.45, 2.75) is 51.5 Å². The molecule has 0 spiro atoms. The van der Waals surface area contributed by atoms with E-state index >= 15 is 0 Å². The number of hydrogen-bond donors (Lipinski definition) is 2. The molecule has 0 radical (unpaired) electrons. The van der Waals surface area contributed by atoms with E-state index in [1.165, 1.54) is 25.3 Å². The van der Waals surface area contributed by atoms with Crippen LogP contribution in [0, 0.1) is 18.7 Å². The van der Waals surface area contributed by atoms with E-state index in [0.717, 1.165) is 12.8 Å². The van der Waals surface area contributed by atoms with Crippen molar-refractivity contribution >= 4 is 5.91 Å². The highest BCUT2D eigenvalue weighted by molar-refractivity contribution is 5.94. The summed E-state index contributed by atoms with van der Waals surface area (Å²) in [6.45, 7) is 1.69. The minimum absolute atomic E-state index is 0.0394. The van der Waals surface area contributed by atoms with Crippen molar-refractivity contribution in [3.8, 4) is 0 Å². The third kappa shape index (κ3) is 4.03. The third-order valence-corrected chi connectivity index (χ3v) is 4.41.